The second kappa shape index (κ2) is 7.80. The maximum absolute atomic E-state index is 12.5. The lowest BCUT2D eigenvalue weighted by Gasteiger charge is -2.43. The molecule has 3 saturated heterocycles. The summed E-state index contributed by atoms with van der Waals surface area (Å²) in [6.07, 6.45) is 3.90. The molecule has 138 valence electrons. The lowest BCUT2D eigenvalue weighted by Crippen LogP contribution is -2.52. The van der Waals surface area contributed by atoms with Crippen molar-refractivity contribution in [3.63, 3.8) is 0 Å². The van der Waals surface area contributed by atoms with Gasteiger partial charge in [-0.25, -0.2) is 4.79 Å². The molecule has 1 unspecified atom stereocenters. The molecule has 3 aliphatic heterocycles. The molecule has 1 aromatic heterocycles. The van der Waals surface area contributed by atoms with Gasteiger partial charge in [0.2, 0.25) is 0 Å². The largest absolute Gasteiger partial charge is 0.444 e. The predicted octanol–water partition coefficient (Wildman–Crippen LogP) is 4.54. The van der Waals surface area contributed by atoms with Crippen molar-refractivity contribution >= 4 is 23.1 Å². The van der Waals surface area contributed by atoms with Gasteiger partial charge in [-0.2, -0.15) is 0 Å². The van der Waals surface area contributed by atoms with Gasteiger partial charge < -0.3 is 4.74 Å². The molecular weight excluding hydrogens is 344 g/mol. The first-order valence-corrected chi connectivity index (χ1v) is 10.4. The number of hydrogen-bond donors (Lipinski definition) is 1. The SMILES string of the molecule is CCc1ccc(Cc2ccccc2NC(=O)OC2CN3CCC2CC3)s1. The molecule has 2 aromatic rings. The lowest BCUT2D eigenvalue weighted by molar-refractivity contribution is -0.0289. The molecule has 0 aliphatic carbocycles. The van der Waals surface area contributed by atoms with E-state index in [0.29, 0.717) is 5.92 Å². The van der Waals surface area contributed by atoms with Gasteiger partial charge in [0.1, 0.15) is 6.10 Å². The van der Waals surface area contributed by atoms with Crippen LogP contribution in [0.15, 0.2) is 36.4 Å². The van der Waals surface area contributed by atoms with Gasteiger partial charge >= 0.3 is 6.09 Å². The number of para-hydroxylation sites is 1. The Balaban J connectivity index is 1.40. The Hall–Kier alpha value is -1.85. The van der Waals surface area contributed by atoms with Crippen molar-refractivity contribution in [1.29, 1.82) is 0 Å². The number of thiophene rings is 1. The Morgan fingerprint density at radius 2 is 1.96 bits per heavy atom. The normalized spacial score (nSPS) is 24.4. The Morgan fingerprint density at radius 3 is 2.65 bits per heavy atom. The first kappa shape index (κ1) is 17.6. The van der Waals surface area contributed by atoms with E-state index in [2.05, 4.69) is 35.3 Å². The number of benzene rings is 1. The van der Waals surface area contributed by atoms with Crippen LogP contribution in [0.25, 0.3) is 0 Å². The average molecular weight is 371 g/mol. The van der Waals surface area contributed by atoms with Crippen LogP contribution in [0, 0.1) is 5.92 Å². The molecule has 3 fully saturated rings. The predicted molar refractivity (Wildman–Crippen MR) is 106 cm³/mol. The number of carbonyl (C=O) groups is 1. The zero-order valence-corrected chi connectivity index (χ0v) is 16.1. The summed E-state index contributed by atoms with van der Waals surface area (Å²) in [4.78, 5) is 17.6. The van der Waals surface area contributed by atoms with Crippen LogP contribution in [-0.2, 0) is 17.6 Å². The van der Waals surface area contributed by atoms with E-state index in [4.69, 9.17) is 4.74 Å². The van der Waals surface area contributed by atoms with Crippen LogP contribution in [0.5, 0.6) is 0 Å². The Bertz CT molecular complexity index is 765. The van der Waals surface area contributed by atoms with Crippen molar-refractivity contribution in [2.75, 3.05) is 25.0 Å². The van der Waals surface area contributed by atoms with E-state index in [1.54, 1.807) is 0 Å². The molecule has 0 spiro atoms. The van der Waals surface area contributed by atoms with Crippen LogP contribution in [0.4, 0.5) is 10.5 Å². The fourth-order valence-electron chi connectivity index (χ4n) is 4.01. The first-order valence-electron chi connectivity index (χ1n) is 9.56. The summed E-state index contributed by atoms with van der Waals surface area (Å²) in [5.74, 6) is 0.527. The molecule has 4 heterocycles. The molecule has 2 bridgehead atoms. The number of anilines is 1. The van der Waals surface area contributed by atoms with Gasteiger partial charge in [0.15, 0.2) is 0 Å². The maximum Gasteiger partial charge on any atom is 0.411 e. The van der Waals surface area contributed by atoms with Crippen LogP contribution in [0.2, 0.25) is 0 Å². The molecule has 1 N–H and O–H groups in total. The highest BCUT2D eigenvalue weighted by Crippen LogP contribution is 2.30. The molecular formula is C21H26N2O2S. The van der Waals surface area contributed by atoms with E-state index in [9.17, 15) is 4.79 Å². The van der Waals surface area contributed by atoms with Gasteiger partial charge in [-0.3, -0.25) is 10.2 Å². The summed E-state index contributed by atoms with van der Waals surface area (Å²) in [6, 6.07) is 12.4. The van der Waals surface area contributed by atoms with Crippen molar-refractivity contribution in [3.05, 3.63) is 51.7 Å². The number of amides is 1. The van der Waals surface area contributed by atoms with Gasteiger partial charge in [0.05, 0.1) is 0 Å². The van der Waals surface area contributed by atoms with Crippen molar-refractivity contribution in [3.8, 4) is 0 Å². The minimum absolute atomic E-state index is 0.0362. The second-order valence-corrected chi connectivity index (χ2v) is 8.52. The van der Waals surface area contributed by atoms with Gasteiger partial charge in [-0.15, -0.1) is 11.3 Å². The number of ether oxygens (including phenoxy) is 1. The molecule has 0 radical (unpaired) electrons. The second-order valence-electron chi connectivity index (χ2n) is 7.26. The molecule has 1 aromatic carbocycles. The molecule has 1 atom stereocenters. The van der Waals surface area contributed by atoms with Crippen LogP contribution >= 0.6 is 11.3 Å². The summed E-state index contributed by atoms with van der Waals surface area (Å²) in [7, 11) is 0. The van der Waals surface area contributed by atoms with Crippen molar-refractivity contribution in [1.82, 2.24) is 4.90 Å². The van der Waals surface area contributed by atoms with Gasteiger partial charge in [-0.05, 0) is 62.0 Å². The highest BCUT2D eigenvalue weighted by Gasteiger charge is 2.36. The van der Waals surface area contributed by atoms with E-state index >= 15 is 0 Å². The zero-order chi connectivity index (χ0) is 17.9. The monoisotopic (exact) mass is 370 g/mol. The topological polar surface area (TPSA) is 41.6 Å². The van der Waals surface area contributed by atoms with E-state index in [-0.39, 0.29) is 12.2 Å². The van der Waals surface area contributed by atoms with Gasteiger partial charge in [-0.1, -0.05) is 25.1 Å². The molecule has 1 amide bonds. The highest BCUT2D eigenvalue weighted by molar-refractivity contribution is 7.12. The van der Waals surface area contributed by atoms with Crippen LogP contribution in [0.1, 0.15) is 35.1 Å². The van der Waals surface area contributed by atoms with Crippen LogP contribution in [0.3, 0.4) is 0 Å². The number of rotatable bonds is 5. The van der Waals surface area contributed by atoms with E-state index in [0.717, 1.165) is 56.6 Å². The first-order chi connectivity index (χ1) is 12.7. The molecule has 5 heteroatoms. The van der Waals surface area contributed by atoms with Gasteiger partial charge in [0.25, 0.3) is 0 Å². The number of nitrogens with one attached hydrogen (secondary N) is 1. The average Bonchev–Trinajstić information content (AvgIpc) is 3.12. The summed E-state index contributed by atoms with van der Waals surface area (Å²) in [5.41, 5.74) is 1.98. The summed E-state index contributed by atoms with van der Waals surface area (Å²) < 4.78 is 5.77. The summed E-state index contributed by atoms with van der Waals surface area (Å²) in [6.45, 7) is 5.36. The highest BCUT2D eigenvalue weighted by atomic mass is 32.1. The van der Waals surface area contributed by atoms with Crippen molar-refractivity contribution < 1.29 is 9.53 Å². The fourth-order valence-corrected chi connectivity index (χ4v) is 4.99. The quantitative estimate of drug-likeness (QED) is 0.840. The minimum atomic E-state index is -0.323. The van der Waals surface area contributed by atoms with E-state index in [1.807, 2.05) is 29.5 Å². The number of piperidine rings is 3. The third-order valence-corrected chi connectivity index (χ3v) is 6.77. The van der Waals surface area contributed by atoms with Crippen LogP contribution in [-0.4, -0.2) is 36.7 Å². The van der Waals surface area contributed by atoms with Gasteiger partial charge in [0, 0.05) is 28.4 Å². The number of fused-ring (bicyclic) bond motifs is 3. The molecule has 5 rings (SSSR count). The maximum atomic E-state index is 12.5. The Morgan fingerprint density at radius 1 is 1.19 bits per heavy atom. The Labute approximate surface area is 159 Å². The summed E-state index contributed by atoms with van der Waals surface area (Å²) >= 11 is 1.84. The standard InChI is InChI=1S/C21H26N2O2S/c1-2-17-7-8-18(26-17)13-16-5-3-4-6-19(16)22-21(24)25-20-14-23-11-9-15(20)10-12-23/h3-8,15,20H,2,9-14H2,1H3,(H,22,24). The lowest BCUT2D eigenvalue weighted by atomic mass is 9.86. The zero-order valence-electron chi connectivity index (χ0n) is 15.2. The molecule has 4 nitrogen and oxygen atoms in total. The van der Waals surface area contributed by atoms with E-state index < -0.39 is 0 Å². The Kier molecular flexibility index (Phi) is 5.27. The smallest absolute Gasteiger partial charge is 0.411 e. The number of nitrogens with zero attached hydrogens (tertiary/aromatic N) is 1. The van der Waals surface area contributed by atoms with E-state index in [1.165, 1.54) is 9.75 Å². The summed E-state index contributed by atoms with van der Waals surface area (Å²) in [5, 5.41) is 2.98. The molecule has 26 heavy (non-hydrogen) atoms. The third-order valence-electron chi connectivity index (χ3n) is 5.54. The molecule has 0 saturated carbocycles. The van der Waals surface area contributed by atoms with Crippen LogP contribution < -0.4 is 5.32 Å². The number of aryl methyl sites for hydroxylation is 1. The molecule has 3 aliphatic rings. The number of hydrogen-bond acceptors (Lipinski definition) is 4. The van der Waals surface area contributed by atoms with Crippen molar-refractivity contribution in [2.45, 2.75) is 38.7 Å². The minimum Gasteiger partial charge on any atom is -0.444 e. The fraction of sp³-hybridized carbons (Fsp3) is 0.476. The number of carbonyl (C=O) groups excluding carboxylic acids is 1. The third kappa shape index (κ3) is 3.94. The van der Waals surface area contributed by atoms with Crippen molar-refractivity contribution in [2.24, 2.45) is 5.92 Å².